The molecule has 7 heteroatoms. The highest BCUT2D eigenvalue weighted by Gasteiger charge is 2.46. The second-order valence-corrected chi connectivity index (χ2v) is 7.96. The lowest BCUT2D eigenvalue weighted by molar-refractivity contribution is -0.152. The molecule has 7 nitrogen and oxygen atoms in total. The predicted molar refractivity (Wildman–Crippen MR) is 98.9 cm³/mol. The molecule has 3 heterocycles. The first-order chi connectivity index (χ1) is 13.1. The molecule has 0 N–H and O–H groups in total. The summed E-state index contributed by atoms with van der Waals surface area (Å²) in [5.74, 6) is 1.42. The van der Waals surface area contributed by atoms with Crippen LogP contribution >= 0.6 is 0 Å². The van der Waals surface area contributed by atoms with E-state index < -0.39 is 0 Å². The maximum atomic E-state index is 13.2. The van der Waals surface area contributed by atoms with E-state index >= 15 is 0 Å². The zero-order valence-electron chi connectivity index (χ0n) is 16.1. The molecule has 1 aliphatic carbocycles. The average Bonchev–Trinajstić information content (AvgIpc) is 3.18. The first-order valence-corrected chi connectivity index (χ1v) is 10.2. The number of hydrogen-bond donors (Lipinski definition) is 0. The minimum Gasteiger partial charge on any atom is -0.466 e. The summed E-state index contributed by atoms with van der Waals surface area (Å²) in [7, 11) is 0. The third-order valence-corrected chi connectivity index (χ3v) is 6.25. The zero-order valence-corrected chi connectivity index (χ0v) is 16.1. The number of likely N-dealkylation sites (tertiary alicyclic amines) is 1. The van der Waals surface area contributed by atoms with E-state index in [1.807, 2.05) is 16.4 Å². The lowest BCUT2D eigenvalue weighted by Crippen LogP contribution is -2.37. The molecule has 1 amide bonds. The molecule has 4 atom stereocenters. The molecule has 3 aliphatic rings. The van der Waals surface area contributed by atoms with Crippen LogP contribution in [0.2, 0.25) is 0 Å². The Bertz CT molecular complexity index is 756. The van der Waals surface area contributed by atoms with Gasteiger partial charge in [-0.2, -0.15) is 0 Å². The van der Waals surface area contributed by atoms with Gasteiger partial charge in [0.15, 0.2) is 0 Å². The Hall–Kier alpha value is -2.18. The van der Waals surface area contributed by atoms with Crippen LogP contribution in [0.15, 0.2) is 12.2 Å². The van der Waals surface area contributed by atoms with Crippen LogP contribution in [-0.4, -0.2) is 51.2 Å². The smallest absolute Gasteiger partial charge is 0.309 e. The summed E-state index contributed by atoms with van der Waals surface area (Å²) in [6, 6.07) is 0. The number of nitrogens with zero attached hydrogens (tertiary/aromatic N) is 4. The van der Waals surface area contributed by atoms with Crippen LogP contribution in [0, 0.1) is 23.7 Å². The van der Waals surface area contributed by atoms with Crippen LogP contribution in [0.1, 0.15) is 49.6 Å². The number of ether oxygens (including phenoxy) is 1. The fraction of sp³-hybridized carbons (Fsp3) is 0.700. The van der Waals surface area contributed by atoms with Crippen molar-refractivity contribution >= 4 is 11.9 Å². The Morgan fingerprint density at radius 1 is 1.19 bits per heavy atom. The summed E-state index contributed by atoms with van der Waals surface area (Å²) in [5, 5.41) is 8.47. The van der Waals surface area contributed by atoms with Crippen LogP contribution in [-0.2, 0) is 22.5 Å². The molecule has 2 aliphatic heterocycles. The first-order valence-electron chi connectivity index (χ1n) is 10.2. The Balaban J connectivity index is 1.54. The van der Waals surface area contributed by atoms with Crippen molar-refractivity contribution in [3.63, 3.8) is 0 Å². The van der Waals surface area contributed by atoms with Gasteiger partial charge in [-0.3, -0.25) is 9.59 Å². The highest BCUT2D eigenvalue weighted by Crippen LogP contribution is 2.40. The molecule has 1 saturated heterocycles. The predicted octanol–water partition coefficient (Wildman–Crippen LogP) is 2.08. The van der Waals surface area contributed by atoms with Crippen LogP contribution in [0.3, 0.4) is 0 Å². The largest absolute Gasteiger partial charge is 0.466 e. The number of fused-ring (bicyclic) bond motifs is 2. The Labute approximate surface area is 159 Å². The van der Waals surface area contributed by atoms with Gasteiger partial charge in [-0.25, -0.2) is 0 Å². The topological polar surface area (TPSA) is 77.3 Å². The van der Waals surface area contributed by atoms with Gasteiger partial charge in [-0.05, 0) is 37.5 Å². The van der Waals surface area contributed by atoms with E-state index in [2.05, 4.69) is 29.3 Å². The number of carbonyl (C=O) groups excluding carboxylic acids is 2. The lowest BCUT2D eigenvalue weighted by atomic mass is 9.72. The SMILES string of the molecule is CCOC(=O)[C@H]1[C@@H]2CN(C(=O)c3nnc4n3CCCCC4)C[C@@H]2C=C[C@@H]1C. The lowest BCUT2D eigenvalue weighted by Gasteiger charge is -2.31. The van der Waals surface area contributed by atoms with E-state index in [4.69, 9.17) is 4.74 Å². The molecule has 1 aromatic rings. The molecule has 27 heavy (non-hydrogen) atoms. The van der Waals surface area contributed by atoms with Crippen LogP contribution < -0.4 is 0 Å². The van der Waals surface area contributed by atoms with Crippen LogP contribution in [0.4, 0.5) is 0 Å². The molecule has 0 radical (unpaired) electrons. The van der Waals surface area contributed by atoms with Gasteiger partial charge in [0, 0.05) is 26.1 Å². The van der Waals surface area contributed by atoms with Gasteiger partial charge in [0.1, 0.15) is 5.82 Å². The summed E-state index contributed by atoms with van der Waals surface area (Å²) >= 11 is 0. The van der Waals surface area contributed by atoms with Crippen molar-refractivity contribution in [1.82, 2.24) is 19.7 Å². The van der Waals surface area contributed by atoms with Crippen molar-refractivity contribution in [2.75, 3.05) is 19.7 Å². The van der Waals surface area contributed by atoms with E-state index in [-0.39, 0.29) is 35.5 Å². The van der Waals surface area contributed by atoms with E-state index in [0.29, 0.717) is 25.5 Å². The Morgan fingerprint density at radius 2 is 2.04 bits per heavy atom. The minimum atomic E-state index is -0.187. The van der Waals surface area contributed by atoms with Crippen molar-refractivity contribution in [1.29, 1.82) is 0 Å². The summed E-state index contributed by atoms with van der Waals surface area (Å²) in [6.45, 7) is 6.29. The molecule has 146 valence electrons. The highest BCUT2D eigenvalue weighted by molar-refractivity contribution is 5.91. The maximum Gasteiger partial charge on any atom is 0.309 e. The van der Waals surface area contributed by atoms with Gasteiger partial charge in [0.05, 0.1) is 12.5 Å². The van der Waals surface area contributed by atoms with Crippen molar-refractivity contribution in [2.24, 2.45) is 23.7 Å². The van der Waals surface area contributed by atoms with E-state index in [1.165, 1.54) is 0 Å². The van der Waals surface area contributed by atoms with Gasteiger partial charge in [0.25, 0.3) is 5.91 Å². The Morgan fingerprint density at radius 3 is 2.85 bits per heavy atom. The normalized spacial score (nSPS) is 29.8. The van der Waals surface area contributed by atoms with Crippen LogP contribution in [0.5, 0.6) is 0 Å². The number of aromatic nitrogens is 3. The fourth-order valence-corrected chi connectivity index (χ4v) is 4.84. The van der Waals surface area contributed by atoms with Crippen LogP contribution in [0.25, 0.3) is 0 Å². The molecule has 0 aromatic carbocycles. The standard InChI is InChI=1S/C20H28N4O3/c1-3-27-20(26)17-13(2)8-9-14-11-23(12-15(14)17)19(25)18-22-21-16-7-5-4-6-10-24(16)18/h8-9,13-15,17H,3-7,10-12H2,1-2H3/t13-,14-,15+,17+/m0/s1. The molecule has 0 bridgehead atoms. The third-order valence-electron chi connectivity index (χ3n) is 6.25. The Kier molecular flexibility index (Phi) is 5.02. The molecular weight excluding hydrogens is 344 g/mol. The number of carbonyl (C=O) groups is 2. The van der Waals surface area contributed by atoms with Gasteiger partial charge < -0.3 is 14.2 Å². The van der Waals surface area contributed by atoms with E-state index in [9.17, 15) is 9.59 Å². The monoisotopic (exact) mass is 372 g/mol. The molecular formula is C20H28N4O3. The average molecular weight is 372 g/mol. The molecule has 0 unspecified atom stereocenters. The van der Waals surface area contributed by atoms with Gasteiger partial charge in [-0.15, -0.1) is 10.2 Å². The number of esters is 1. The number of amides is 1. The number of rotatable bonds is 3. The minimum absolute atomic E-state index is 0.0614. The molecule has 4 rings (SSSR count). The zero-order chi connectivity index (χ0) is 19.0. The molecule has 0 saturated carbocycles. The summed E-state index contributed by atoms with van der Waals surface area (Å²) in [4.78, 5) is 27.5. The number of hydrogen-bond acceptors (Lipinski definition) is 5. The molecule has 1 fully saturated rings. The fourth-order valence-electron chi connectivity index (χ4n) is 4.84. The number of aryl methyl sites for hydroxylation is 1. The van der Waals surface area contributed by atoms with Crippen molar-refractivity contribution in [3.8, 4) is 0 Å². The molecule has 1 aromatic heterocycles. The van der Waals surface area contributed by atoms with Gasteiger partial charge in [0.2, 0.25) is 5.82 Å². The maximum absolute atomic E-state index is 13.2. The first kappa shape index (κ1) is 18.2. The van der Waals surface area contributed by atoms with E-state index in [0.717, 1.165) is 38.1 Å². The summed E-state index contributed by atoms with van der Waals surface area (Å²) in [6.07, 6.45) is 8.47. The second-order valence-electron chi connectivity index (χ2n) is 7.96. The third kappa shape index (κ3) is 3.28. The quantitative estimate of drug-likeness (QED) is 0.600. The van der Waals surface area contributed by atoms with Crippen molar-refractivity contribution < 1.29 is 14.3 Å². The van der Waals surface area contributed by atoms with Crippen molar-refractivity contribution in [3.05, 3.63) is 23.8 Å². The molecule has 0 spiro atoms. The number of allylic oxidation sites excluding steroid dienone is 1. The second kappa shape index (κ2) is 7.44. The van der Waals surface area contributed by atoms with E-state index in [1.54, 1.807) is 0 Å². The van der Waals surface area contributed by atoms with Gasteiger partial charge in [-0.1, -0.05) is 25.5 Å². The van der Waals surface area contributed by atoms with Gasteiger partial charge >= 0.3 is 5.97 Å². The highest BCUT2D eigenvalue weighted by atomic mass is 16.5. The summed E-state index contributed by atoms with van der Waals surface area (Å²) in [5.41, 5.74) is 0. The summed E-state index contributed by atoms with van der Waals surface area (Å²) < 4.78 is 7.31. The van der Waals surface area contributed by atoms with Crippen molar-refractivity contribution in [2.45, 2.75) is 46.1 Å².